The van der Waals surface area contributed by atoms with Gasteiger partial charge in [-0.1, -0.05) is 12.1 Å². The van der Waals surface area contributed by atoms with Crippen molar-refractivity contribution in [2.75, 3.05) is 20.3 Å². The molecule has 122 valence electrons. The first kappa shape index (κ1) is 16.5. The Hall–Kier alpha value is -2.83. The Morgan fingerprint density at radius 2 is 2.00 bits per heavy atom. The van der Waals surface area contributed by atoms with Gasteiger partial charge in [0.2, 0.25) is 0 Å². The van der Waals surface area contributed by atoms with E-state index in [4.69, 9.17) is 9.47 Å². The average molecular weight is 317 g/mol. The molecule has 0 saturated carbocycles. The zero-order valence-corrected chi connectivity index (χ0v) is 12.9. The van der Waals surface area contributed by atoms with Crippen LogP contribution in [0, 0.1) is 0 Å². The molecular weight excluding hydrogens is 298 g/mol. The fourth-order valence-corrected chi connectivity index (χ4v) is 1.94. The van der Waals surface area contributed by atoms with Crippen LogP contribution in [0.25, 0.3) is 0 Å². The van der Waals surface area contributed by atoms with E-state index in [0.717, 1.165) is 0 Å². The first-order valence-electron chi connectivity index (χ1n) is 7.25. The quantitative estimate of drug-likeness (QED) is 0.730. The minimum Gasteiger partial charge on any atom is -0.493 e. The molecule has 0 aliphatic carbocycles. The van der Waals surface area contributed by atoms with Crippen LogP contribution in [-0.2, 0) is 11.3 Å². The number of hydrogen-bond donors (Lipinski definition) is 1. The third-order valence-electron chi connectivity index (χ3n) is 3.08. The van der Waals surface area contributed by atoms with Gasteiger partial charge in [0.05, 0.1) is 7.11 Å². The highest BCUT2D eigenvalue weighted by molar-refractivity contribution is 5.77. The second-order valence-corrected chi connectivity index (χ2v) is 4.73. The van der Waals surface area contributed by atoms with E-state index in [1.54, 1.807) is 37.6 Å². The van der Waals surface area contributed by atoms with Gasteiger partial charge in [-0.05, 0) is 24.6 Å². The van der Waals surface area contributed by atoms with Crippen molar-refractivity contribution in [1.29, 1.82) is 0 Å². The lowest BCUT2D eigenvalue weighted by atomic mass is 10.3. The van der Waals surface area contributed by atoms with Gasteiger partial charge in [-0.2, -0.15) is 5.10 Å². The lowest BCUT2D eigenvalue weighted by molar-refractivity contribution is -0.123. The summed E-state index contributed by atoms with van der Waals surface area (Å²) in [4.78, 5) is 23.2. The van der Waals surface area contributed by atoms with E-state index in [0.29, 0.717) is 31.0 Å². The third kappa shape index (κ3) is 5.14. The van der Waals surface area contributed by atoms with Crippen LogP contribution in [0.4, 0.5) is 0 Å². The maximum absolute atomic E-state index is 11.7. The van der Waals surface area contributed by atoms with Gasteiger partial charge in [0, 0.05) is 25.4 Å². The molecule has 0 atom stereocenters. The predicted octanol–water partition coefficient (Wildman–Crippen LogP) is 0.837. The largest absolute Gasteiger partial charge is 0.493 e. The van der Waals surface area contributed by atoms with Gasteiger partial charge in [0.25, 0.3) is 11.5 Å². The number of ether oxygens (including phenoxy) is 2. The van der Waals surface area contributed by atoms with Crippen molar-refractivity contribution in [3.05, 3.63) is 52.9 Å². The topological polar surface area (TPSA) is 82.4 Å². The second-order valence-electron chi connectivity index (χ2n) is 4.73. The third-order valence-corrected chi connectivity index (χ3v) is 3.08. The van der Waals surface area contributed by atoms with Crippen LogP contribution in [0.2, 0.25) is 0 Å². The molecule has 0 unspecified atom stereocenters. The first-order valence-corrected chi connectivity index (χ1v) is 7.25. The van der Waals surface area contributed by atoms with Gasteiger partial charge in [-0.15, -0.1) is 0 Å². The van der Waals surface area contributed by atoms with Crippen LogP contribution in [0.3, 0.4) is 0 Å². The monoisotopic (exact) mass is 317 g/mol. The van der Waals surface area contributed by atoms with Crippen molar-refractivity contribution in [1.82, 2.24) is 15.1 Å². The summed E-state index contributed by atoms with van der Waals surface area (Å²) >= 11 is 0. The van der Waals surface area contributed by atoms with Gasteiger partial charge < -0.3 is 14.8 Å². The summed E-state index contributed by atoms with van der Waals surface area (Å²) < 4.78 is 11.9. The Morgan fingerprint density at radius 1 is 1.22 bits per heavy atom. The Labute approximate surface area is 133 Å². The molecule has 1 heterocycles. The van der Waals surface area contributed by atoms with E-state index in [1.165, 1.54) is 10.7 Å². The maximum atomic E-state index is 11.7. The average Bonchev–Trinajstić information content (AvgIpc) is 2.58. The van der Waals surface area contributed by atoms with Gasteiger partial charge in [0.15, 0.2) is 18.1 Å². The number of aromatic nitrogens is 2. The molecule has 0 bridgehead atoms. The van der Waals surface area contributed by atoms with Crippen molar-refractivity contribution < 1.29 is 14.3 Å². The highest BCUT2D eigenvalue weighted by Gasteiger charge is 2.06. The molecular formula is C16H19N3O4. The minimum atomic E-state index is -0.232. The van der Waals surface area contributed by atoms with E-state index >= 15 is 0 Å². The Bertz CT molecular complexity index is 699. The highest BCUT2D eigenvalue weighted by Crippen LogP contribution is 2.25. The number of carbonyl (C=O) groups is 1. The molecule has 0 fully saturated rings. The number of carbonyl (C=O) groups excluding carboxylic acids is 1. The lowest BCUT2D eigenvalue weighted by Gasteiger charge is -2.10. The Morgan fingerprint density at radius 3 is 2.74 bits per heavy atom. The maximum Gasteiger partial charge on any atom is 0.266 e. The molecule has 0 radical (unpaired) electrons. The van der Waals surface area contributed by atoms with Gasteiger partial charge in [-0.25, -0.2) is 4.68 Å². The number of benzene rings is 1. The zero-order chi connectivity index (χ0) is 16.5. The number of nitrogens with zero attached hydrogens (tertiary/aromatic N) is 2. The molecule has 2 rings (SSSR count). The zero-order valence-electron chi connectivity index (χ0n) is 12.9. The molecule has 1 amide bonds. The summed E-state index contributed by atoms with van der Waals surface area (Å²) in [5.74, 6) is 0.865. The number of amides is 1. The molecule has 1 aromatic carbocycles. The summed E-state index contributed by atoms with van der Waals surface area (Å²) in [6.45, 7) is 0.800. The first-order chi connectivity index (χ1) is 11.2. The molecule has 23 heavy (non-hydrogen) atoms. The number of para-hydroxylation sites is 2. The Kier molecular flexibility index (Phi) is 6.17. The van der Waals surface area contributed by atoms with Crippen LogP contribution < -0.4 is 20.3 Å². The van der Waals surface area contributed by atoms with Crippen LogP contribution in [0.15, 0.2) is 47.4 Å². The SMILES string of the molecule is COc1ccccc1OCC(=O)NCCCn1ncccc1=O. The predicted molar refractivity (Wildman–Crippen MR) is 84.6 cm³/mol. The van der Waals surface area contributed by atoms with Crippen molar-refractivity contribution in [3.63, 3.8) is 0 Å². The van der Waals surface area contributed by atoms with E-state index in [1.807, 2.05) is 6.07 Å². The van der Waals surface area contributed by atoms with Gasteiger partial charge in [0.1, 0.15) is 0 Å². The van der Waals surface area contributed by atoms with Crippen LogP contribution in [0.5, 0.6) is 11.5 Å². The van der Waals surface area contributed by atoms with Crippen molar-refractivity contribution >= 4 is 5.91 Å². The van der Waals surface area contributed by atoms with Crippen LogP contribution >= 0.6 is 0 Å². The minimum absolute atomic E-state index is 0.0933. The number of rotatable bonds is 8. The van der Waals surface area contributed by atoms with Crippen molar-refractivity contribution in [3.8, 4) is 11.5 Å². The normalized spacial score (nSPS) is 10.1. The fraction of sp³-hybridized carbons (Fsp3) is 0.312. The van der Waals surface area contributed by atoms with E-state index in [-0.39, 0.29) is 18.1 Å². The smallest absolute Gasteiger partial charge is 0.266 e. The fourth-order valence-electron chi connectivity index (χ4n) is 1.94. The van der Waals surface area contributed by atoms with Gasteiger partial charge in [-0.3, -0.25) is 9.59 Å². The van der Waals surface area contributed by atoms with Crippen LogP contribution in [-0.4, -0.2) is 35.9 Å². The molecule has 7 heteroatoms. The summed E-state index contributed by atoms with van der Waals surface area (Å²) in [7, 11) is 1.54. The standard InChI is InChI=1S/C16H19N3O4/c1-22-13-6-2-3-7-14(13)23-12-15(20)17-9-5-11-19-16(21)8-4-10-18-19/h2-4,6-8,10H,5,9,11-12H2,1H3,(H,17,20). The van der Waals surface area contributed by atoms with E-state index in [9.17, 15) is 9.59 Å². The summed E-state index contributed by atoms with van der Waals surface area (Å²) in [5.41, 5.74) is -0.154. The Balaban J connectivity index is 1.69. The molecule has 7 nitrogen and oxygen atoms in total. The molecule has 0 spiro atoms. The summed E-state index contributed by atoms with van der Waals surface area (Å²) in [6.07, 6.45) is 2.17. The van der Waals surface area contributed by atoms with Crippen molar-refractivity contribution in [2.45, 2.75) is 13.0 Å². The van der Waals surface area contributed by atoms with Crippen LogP contribution in [0.1, 0.15) is 6.42 Å². The van der Waals surface area contributed by atoms with E-state index in [2.05, 4.69) is 10.4 Å². The molecule has 1 aromatic heterocycles. The van der Waals surface area contributed by atoms with E-state index < -0.39 is 0 Å². The van der Waals surface area contributed by atoms with Crippen molar-refractivity contribution in [2.24, 2.45) is 0 Å². The second kappa shape index (κ2) is 8.57. The summed E-state index contributed by atoms with van der Waals surface area (Å²) in [6, 6.07) is 10.2. The molecule has 1 N–H and O–H groups in total. The van der Waals surface area contributed by atoms with Gasteiger partial charge >= 0.3 is 0 Å². The highest BCUT2D eigenvalue weighted by atomic mass is 16.5. The lowest BCUT2D eigenvalue weighted by Crippen LogP contribution is -2.31. The number of methoxy groups -OCH3 is 1. The molecule has 0 aliphatic heterocycles. The molecule has 0 saturated heterocycles. The number of nitrogens with one attached hydrogen (secondary N) is 1. The summed E-state index contributed by atoms with van der Waals surface area (Å²) in [5, 5.41) is 6.68. The number of aryl methyl sites for hydroxylation is 1. The molecule has 2 aromatic rings. The molecule has 0 aliphatic rings. The number of hydrogen-bond acceptors (Lipinski definition) is 5.